The molecule has 0 aliphatic carbocycles. The van der Waals surface area contributed by atoms with Gasteiger partial charge in [0.1, 0.15) is 11.6 Å². The van der Waals surface area contributed by atoms with Crippen molar-refractivity contribution in [2.45, 2.75) is 51.7 Å². The number of hydrogen-bond acceptors (Lipinski definition) is 6. The zero-order valence-corrected chi connectivity index (χ0v) is 14.3. The van der Waals surface area contributed by atoms with E-state index in [4.69, 9.17) is 4.74 Å². The van der Waals surface area contributed by atoms with E-state index in [1.165, 1.54) is 14.2 Å². The van der Waals surface area contributed by atoms with Gasteiger partial charge < -0.3 is 19.5 Å². The molecular formula is C15H26FNO6. The number of ether oxygens (including phenoxy) is 3. The van der Waals surface area contributed by atoms with Crippen molar-refractivity contribution in [2.75, 3.05) is 20.9 Å². The van der Waals surface area contributed by atoms with Gasteiger partial charge in [0, 0.05) is 0 Å². The molecule has 23 heavy (non-hydrogen) atoms. The van der Waals surface area contributed by atoms with Gasteiger partial charge in [-0.25, -0.2) is 9.59 Å². The maximum Gasteiger partial charge on any atom is 0.408 e. The number of alkyl halides is 1. The van der Waals surface area contributed by atoms with E-state index in [2.05, 4.69) is 14.8 Å². The Morgan fingerprint density at radius 3 is 2.09 bits per heavy atom. The van der Waals surface area contributed by atoms with Crippen LogP contribution in [0, 0.1) is 5.92 Å². The van der Waals surface area contributed by atoms with Crippen LogP contribution in [0.1, 0.15) is 40.0 Å². The van der Waals surface area contributed by atoms with E-state index in [1.54, 1.807) is 20.8 Å². The number of amides is 1. The third kappa shape index (κ3) is 9.00. The Hall–Kier alpha value is -1.86. The van der Waals surface area contributed by atoms with Gasteiger partial charge in [-0.3, -0.25) is 9.18 Å². The van der Waals surface area contributed by atoms with Gasteiger partial charge in [-0.15, -0.1) is 0 Å². The standard InChI is InChI=1S/C15H26FNO6/c1-15(2,3)23-14(20)17-11(13(19)22-5)9-10(7-6-8-16)12(18)21-4/h10-11H,6-9H2,1-5H3,(H,17,20)/t10-,11?/m0/s1. The fraction of sp³-hybridized carbons (Fsp3) is 0.800. The van der Waals surface area contributed by atoms with E-state index < -0.39 is 42.3 Å². The Morgan fingerprint density at radius 1 is 1.09 bits per heavy atom. The molecule has 0 aliphatic heterocycles. The van der Waals surface area contributed by atoms with Crippen LogP contribution in [0.5, 0.6) is 0 Å². The Bertz CT molecular complexity index is 407. The number of nitrogens with one attached hydrogen (secondary N) is 1. The highest BCUT2D eigenvalue weighted by atomic mass is 19.1. The molecule has 1 unspecified atom stereocenters. The summed E-state index contributed by atoms with van der Waals surface area (Å²) in [5.41, 5.74) is -0.735. The van der Waals surface area contributed by atoms with Crippen LogP contribution in [-0.4, -0.2) is 50.6 Å². The first-order valence-electron chi connectivity index (χ1n) is 7.35. The van der Waals surface area contributed by atoms with Crippen molar-refractivity contribution in [1.82, 2.24) is 5.32 Å². The van der Waals surface area contributed by atoms with Crippen molar-refractivity contribution >= 4 is 18.0 Å². The summed E-state index contributed by atoms with van der Waals surface area (Å²) >= 11 is 0. The highest BCUT2D eigenvalue weighted by molar-refractivity contribution is 5.82. The van der Waals surface area contributed by atoms with Gasteiger partial charge in [0.2, 0.25) is 0 Å². The Balaban J connectivity index is 4.96. The van der Waals surface area contributed by atoms with Crippen LogP contribution in [0.4, 0.5) is 9.18 Å². The number of carbonyl (C=O) groups is 3. The van der Waals surface area contributed by atoms with Crippen molar-refractivity contribution in [1.29, 1.82) is 0 Å². The monoisotopic (exact) mass is 335 g/mol. The summed E-state index contributed by atoms with van der Waals surface area (Å²) in [4.78, 5) is 35.4. The molecule has 0 fully saturated rings. The maximum absolute atomic E-state index is 12.3. The van der Waals surface area contributed by atoms with Crippen LogP contribution in [0.3, 0.4) is 0 Å². The second-order valence-corrected chi connectivity index (χ2v) is 6.01. The van der Waals surface area contributed by atoms with E-state index in [1.807, 2.05) is 0 Å². The first-order chi connectivity index (χ1) is 10.6. The van der Waals surface area contributed by atoms with Crippen LogP contribution >= 0.6 is 0 Å². The van der Waals surface area contributed by atoms with E-state index in [0.29, 0.717) is 0 Å². The molecule has 1 N–H and O–H groups in total. The first kappa shape index (κ1) is 21.1. The molecule has 0 rings (SSSR count). The maximum atomic E-state index is 12.3. The zero-order valence-electron chi connectivity index (χ0n) is 14.3. The Kier molecular flexibility index (Phi) is 9.21. The van der Waals surface area contributed by atoms with Crippen molar-refractivity contribution in [3.05, 3.63) is 0 Å². The lowest BCUT2D eigenvalue weighted by Crippen LogP contribution is -2.45. The summed E-state index contributed by atoms with van der Waals surface area (Å²) in [5.74, 6) is -2.02. The lowest BCUT2D eigenvalue weighted by Gasteiger charge is -2.24. The summed E-state index contributed by atoms with van der Waals surface area (Å²) < 4.78 is 26.7. The van der Waals surface area contributed by atoms with Gasteiger partial charge in [0.05, 0.1) is 26.8 Å². The third-order valence-corrected chi connectivity index (χ3v) is 2.92. The third-order valence-electron chi connectivity index (χ3n) is 2.92. The molecule has 0 bridgehead atoms. The molecule has 0 radical (unpaired) electrons. The quantitative estimate of drug-likeness (QED) is 0.539. The Morgan fingerprint density at radius 2 is 1.65 bits per heavy atom. The van der Waals surface area contributed by atoms with Crippen molar-refractivity contribution in [2.24, 2.45) is 5.92 Å². The van der Waals surface area contributed by atoms with Gasteiger partial charge in [0.15, 0.2) is 0 Å². The van der Waals surface area contributed by atoms with Gasteiger partial charge in [-0.1, -0.05) is 0 Å². The molecule has 0 heterocycles. The minimum Gasteiger partial charge on any atom is -0.469 e. The predicted molar refractivity (Wildman–Crippen MR) is 80.5 cm³/mol. The molecule has 0 aliphatic rings. The molecule has 0 spiro atoms. The number of rotatable bonds is 8. The zero-order chi connectivity index (χ0) is 18.0. The van der Waals surface area contributed by atoms with Crippen molar-refractivity contribution in [3.63, 3.8) is 0 Å². The second kappa shape index (κ2) is 10.0. The molecule has 0 aromatic rings. The average Bonchev–Trinajstić information content (AvgIpc) is 2.46. The Labute approximate surface area is 135 Å². The molecule has 8 heteroatoms. The van der Waals surface area contributed by atoms with Crippen LogP contribution < -0.4 is 5.32 Å². The molecule has 7 nitrogen and oxygen atoms in total. The average molecular weight is 335 g/mol. The topological polar surface area (TPSA) is 90.9 Å². The number of alkyl carbamates (subject to hydrolysis) is 1. The van der Waals surface area contributed by atoms with Crippen LogP contribution in [0.2, 0.25) is 0 Å². The number of carbonyl (C=O) groups excluding carboxylic acids is 3. The molecule has 0 saturated heterocycles. The summed E-state index contributed by atoms with van der Waals surface area (Å²) in [7, 11) is 2.38. The molecular weight excluding hydrogens is 309 g/mol. The van der Waals surface area contributed by atoms with E-state index in [-0.39, 0.29) is 19.3 Å². The molecule has 0 aromatic carbocycles. The minimum atomic E-state index is -1.08. The second-order valence-electron chi connectivity index (χ2n) is 6.01. The van der Waals surface area contributed by atoms with Gasteiger partial charge >= 0.3 is 18.0 Å². The summed E-state index contributed by atoms with van der Waals surface area (Å²) in [6.07, 6.45) is -0.507. The van der Waals surface area contributed by atoms with Crippen LogP contribution in [0.15, 0.2) is 0 Å². The van der Waals surface area contributed by atoms with Crippen LogP contribution in [0.25, 0.3) is 0 Å². The van der Waals surface area contributed by atoms with Gasteiger partial charge in [0.25, 0.3) is 0 Å². The predicted octanol–water partition coefficient (Wildman–Crippen LogP) is 1.98. The largest absolute Gasteiger partial charge is 0.469 e. The first-order valence-corrected chi connectivity index (χ1v) is 7.35. The number of halogens is 1. The summed E-state index contributed by atoms with van der Waals surface area (Å²) in [6.45, 7) is 4.45. The number of methoxy groups -OCH3 is 2. The molecule has 134 valence electrons. The number of hydrogen-bond donors (Lipinski definition) is 1. The lowest BCUT2D eigenvalue weighted by atomic mass is 9.95. The minimum absolute atomic E-state index is 0.0570. The van der Waals surface area contributed by atoms with E-state index in [9.17, 15) is 18.8 Å². The molecule has 0 aromatic heterocycles. The highest BCUT2D eigenvalue weighted by Crippen LogP contribution is 2.17. The number of esters is 2. The van der Waals surface area contributed by atoms with Crippen molar-refractivity contribution in [3.8, 4) is 0 Å². The normalized spacial score (nSPS) is 13.7. The lowest BCUT2D eigenvalue weighted by molar-refractivity contribution is -0.148. The van der Waals surface area contributed by atoms with Crippen molar-refractivity contribution < 1.29 is 33.0 Å². The van der Waals surface area contributed by atoms with Gasteiger partial charge in [-0.05, 0) is 40.0 Å². The fourth-order valence-corrected chi connectivity index (χ4v) is 1.91. The smallest absolute Gasteiger partial charge is 0.408 e. The fourth-order valence-electron chi connectivity index (χ4n) is 1.91. The molecule has 0 saturated carbocycles. The summed E-state index contributed by atoms with van der Waals surface area (Å²) in [6, 6.07) is -1.08. The van der Waals surface area contributed by atoms with Gasteiger partial charge in [-0.2, -0.15) is 0 Å². The SMILES string of the molecule is COC(=O)C(C[C@H](CCCF)C(=O)OC)NC(=O)OC(C)(C)C. The van der Waals surface area contributed by atoms with E-state index >= 15 is 0 Å². The highest BCUT2D eigenvalue weighted by Gasteiger charge is 2.31. The summed E-state index contributed by atoms with van der Waals surface area (Å²) in [5, 5.41) is 2.37. The van der Waals surface area contributed by atoms with Crippen LogP contribution in [-0.2, 0) is 23.8 Å². The van der Waals surface area contributed by atoms with E-state index in [0.717, 1.165) is 0 Å². The molecule has 1 amide bonds. The molecule has 2 atom stereocenters.